The minimum atomic E-state index is 0.00812. The zero-order chi connectivity index (χ0) is 12.7. The molecule has 2 aromatic rings. The fraction of sp³-hybridized carbons (Fsp3) is 0.417. The van der Waals surface area contributed by atoms with Crippen LogP contribution in [-0.2, 0) is 19.9 Å². The number of thiophene rings is 1. The van der Waals surface area contributed by atoms with Crippen molar-refractivity contribution in [1.82, 2.24) is 15.0 Å². The molecule has 2 heterocycles. The summed E-state index contributed by atoms with van der Waals surface area (Å²) in [6.07, 6.45) is 4.68. The van der Waals surface area contributed by atoms with Crippen LogP contribution in [0, 0.1) is 0 Å². The summed E-state index contributed by atoms with van der Waals surface area (Å²) in [7, 11) is 1.73. The van der Waals surface area contributed by atoms with Gasteiger partial charge >= 0.3 is 0 Å². The standard InChI is InChI=1S/C12H12BrN3OS/c1-16-10(12(13)14-15-16)11(17)9-6-7-4-2-3-5-8(7)18-9/h6H,2-5H2,1H3. The van der Waals surface area contributed by atoms with E-state index in [4.69, 9.17) is 0 Å². The minimum Gasteiger partial charge on any atom is -0.286 e. The number of aromatic nitrogens is 3. The second kappa shape index (κ2) is 4.59. The summed E-state index contributed by atoms with van der Waals surface area (Å²) in [6.45, 7) is 0. The van der Waals surface area contributed by atoms with E-state index < -0.39 is 0 Å². The molecule has 2 aromatic heterocycles. The van der Waals surface area contributed by atoms with Crippen molar-refractivity contribution in [2.45, 2.75) is 25.7 Å². The van der Waals surface area contributed by atoms with Gasteiger partial charge in [-0.15, -0.1) is 16.4 Å². The smallest absolute Gasteiger partial charge is 0.223 e. The molecule has 0 aliphatic heterocycles. The van der Waals surface area contributed by atoms with Crippen LogP contribution in [0.15, 0.2) is 10.7 Å². The lowest BCUT2D eigenvalue weighted by Crippen LogP contribution is -2.07. The molecule has 0 atom stereocenters. The molecule has 0 saturated heterocycles. The fourth-order valence-electron chi connectivity index (χ4n) is 2.29. The summed E-state index contributed by atoms with van der Waals surface area (Å²) in [5, 5.41) is 7.71. The third-order valence-electron chi connectivity index (χ3n) is 3.22. The minimum absolute atomic E-state index is 0.00812. The Morgan fingerprint density at radius 1 is 1.44 bits per heavy atom. The van der Waals surface area contributed by atoms with Gasteiger partial charge in [0.2, 0.25) is 5.78 Å². The molecular weight excluding hydrogens is 314 g/mol. The first-order chi connectivity index (χ1) is 8.66. The molecule has 1 aliphatic carbocycles. The quantitative estimate of drug-likeness (QED) is 0.797. The van der Waals surface area contributed by atoms with Gasteiger partial charge in [0.05, 0.1) is 4.88 Å². The van der Waals surface area contributed by atoms with Crippen molar-refractivity contribution in [3.05, 3.63) is 31.7 Å². The Morgan fingerprint density at radius 2 is 2.22 bits per heavy atom. The maximum atomic E-state index is 12.4. The van der Waals surface area contributed by atoms with Gasteiger partial charge in [-0.2, -0.15) is 0 Å². The van der Waals surface area contributed by atoms with Gasteiger partial charge in [-0.3, -0.25) is 4.79 Å². The van der Waals surface area contributed by atoms with Crippen LogP contribution in [0.1, 0.15) is 38.6 Å². The number of rotatable bonds is 2. The normalized spacial score (nSPS) is 14.6. The highest BCUT2D eigenvalue weighted by Gasteiger charge is 2.23. The summed E-state index contributed by atoms with van der Waals surface area (Å²) in [5.74, 6) is 0.00812. The summed E-state index contributed by atoms with van der Waals surface area (Å²) >= 11 is 4.90. The maximum Gasteiger partial charge on any atom is 0.223 e. The van der Waals surface area contributed by atoms with E-state index in [0.717, 1.165) is 17.7 Å². The third-order valence-corrected chi connectivity index (χ3v) is 4.99. The number of aryl methyl sites for hydroxylation is 3. The van der Waals surface area contributed by atoms with Crippen LogP contribution in [-0.4, -0.2) is 20.8 Å². The van der Waals surface area contributed by atoms with E-state index in [0.29, 0.717) is 10.3 Å². The van der Waals surface area contributed by atoms with Crippen molar-refractivity contribution in [2.75, 3.05) is 0 Å². The predicted octanol–water partition coefficient (Wildman–Crippen LogP) is 2.75. The molecule has 0 N–H and O–H groups in total. The predicted molar refractivity (Wildman–Crippen MR) is 73.1 cm³/mol. The van der Waals surface area contributed by atoms with Gasteiger partial charge in [-0.25, -0.2) is 4.68 Å². The molecule has 0 bridgehead atoms. The second-order valence-corrected chi connectivity index (χ2v) is 6.34. The van der Waals surface area contributed by atoms with E-state index in [1.165, 1.54) is 28.0 Å². The van der Waals surface area contributed by atoms with Crippen LogP contribution in [0.25, 0.3) is 0 Å². The number of halogens is 1. The van der Waals surface area contributed by atoms with E-state index in [1.54, 1.807) is 18.4 Å². The maximum absolute atomic E-state index is 12.4. The van der Waals surface area contributed by atoms with Crippen molar-refractivity contribution in [3.63, 3.8) is 0 Å². The van der Waals surface area contributed by atoms with E-state index in [-0.39, 0.29) is 5.78 Å². The molecule has 0 saturated carbocycles. The molecule has 0 fully saturated rings. The van der Waals surface area contributed by atoms with E-state index in [2.05, 4.69) is 26.2 Å². The lowest BCUT2D eigenvalue weighted by molar-refractivity contribution is 0.103. The van der Waals surface area contributed by atoms with Gasteiger partial charge in [-0.05, 0) is 53.2 Å². The molecule has 0 radical (unpaired) electrons. The Hall–Kier alpha value is -1.01. The summed E-state index contributed by atoms with van der Waals surface area (Å²) < 4.78 is 2.03. The monoisotopic (exact) mass is 325 g/mol. The average molecular weight is 326 g/mol. The Morgan fingerprint density at radius 3 is 2.89 bits per heavy atom. The zero-order valence-corrected chi connectivity index (χ0v) is 12.3. The van der Waals surface area contributed by atoms with Crippen LogP contribution in [0.4, 0.5) is 0 Å². The van der Waals surface area contributed by atoms with E-state index >= 15 is 0 Å². The molecule has 0 aromatic carbocycles. The van der Waals surface area contributed by atoms with Gasteiger partial charge in [0.1, 0.15) is 5.69 Å². The SMILES string of the molecule is Cn1nnc(Br)c1C(=O)c1cc2c(s1)CCCC2. The number of hydrogen-bond acceptors (Lipinski definition) is 4. The lowest BCUT2D eigenvalue weighted by atomic mass is 9.99. The highest BCUT2D eigenvalue weighted by molar-refractivity contribution is 9.10. The first-order valence-electron chi connectivity index (χ1n) is 5.88. The molecular formula is C12H12BrN3OS. The highest BCUT2D eigenvalue weighted by Crippen LogP contribution is 2.31. The summed E-state index contributed by atoms with van der Waals surface area (Å²) in [4.78, 5) is 14.6. The van der Waals surface area contributed by atoms with E-state index in [1.807, 2.05) is 6.07 Å². The van der Waals surface area contributed by atoms with Crippen molar-refractivity contribution < 1.29 is 4.79 Å². The Kier molecular flexibility index (Phi) is 3.07. The van der Waals surface area contributed by atoms with Crippen LogP contribution < -0.4 is 0 Å². The number of carbonyl (C=O) groups excluding carboxylic acids is 1. The van der Waals surface area contributed by atoms with Gasteiger partial charge in [0.15, 0.2) is 4.60 Å². The molecule has 0 unspecified atom stereocenters. The van der Waals surface area contributed by atoms with Crippen molar-refractivity contribution in [3.8, 4) is 0 Å². The number of nitrogens with zero attached hydrogens (tertiary/aromatic N) is 3. The first kappa shape index (κ1) is 12.0. The largest absolute Gasteiger partial charge is 0.286 e. The van der Waals surface area contributed by atoms with Gasteiger partial charge < -0.3 is 0 Å². The van der Waals surface area contributed by atoms with Gasteiger partial charge in [0.25, 0.3) is 0 Å². The first-order valence-corrected chi connectivity index (χ1v) is 7.49. The molecule has 1 aliphatic rings. The van der Waals surface area contributed by atoms with Crippen molar-refractivity contribution >= 4 is 33.0 Å². The molecule has 6 heteroatoms. The number of fused-ring (bicyclic) bond motifs is 1. The zero-order valence-electron chi connectivity index (χ0n) is 9.94. The molecule has 3 rings (SSSR count). The Balaban J connectivity index is 2.00. The third kappa shape index (κ3) is 1.93. The number of ketones is 1. The fourth-order valence-corrected chi connectivity index (χ4v) is 3.99. The number of hydrogen-bond donors (Lipinski definition) is 0. The number of carbonyl (C=O) groups is 1. The topological polar surface area (TPSA) is 47.8 Å². The summed E-state index contributed by atoms with van der Waals surface area (Å²) in [6, 6.07) is 2.04. The average Bonchev–Trinajstić information content (AvgIpc) is 2.92. The molecule has 4 nitrogen and oxygen atoms in total. The van der Waals surface area contributed by atoms with Crippen molar-refractivity contribution in [2.24, 2.45) is 7.05 Å². The second-order valence-electron chi connectivity index (χ2n) is 4.45. The van der Waals surface area contributed by atoms with Crippen LogP contribution in [0.2, 0.25) is 0 Å². The van der Waals surface area contributed by atoms with E-state index in [9.17, 15) is 4.79 Å². The van der Waals surface area contributed by atoms with Crippen LogP contribution in [0.5, 0.6) is 0 Å². The van der Waals surface area contributed by atoms with Crippen LogP contribution >= 0.6 is 27.3 Å². The van der Waals surface area contributed by atoms with Crippen molar-refractivity contribution in [1.29, 1.82) is 0 Å². The molecule has 94 valence electrons. The van der Waals surface area contributed by atoms with Gasteiger partial charge in [-0.1, -0.05) is 5.21 Å². The Bertz CT molecular complexity index is 574. The molecule has 0 amide bonds. The highest BCUT2D eigenvalue weighted by atomic mass is 79.9. The van der Waals surface area contributed by atoms with Crippen LogP contribution in [0.3, 0.4) is 0 Å². The summed E-state index contributed by atoms with van der Waals surface area (Å²) in [5.41, 5.74) is 1.87. The Labute approximate surface area is 117 Å². The molecule has 18 heavy (non-hydrogen) atoms. The lowest BCUT2D eigenvalue weighted by Gasteiger charge is -2.08. The molecule has 0 spiro atoms. The van der Waals surface area contributed by atoms with Gasteiger partial charge in [0, 0.05) is 11.9 Å².